The van der Waals surface area contributed by atoms with E-state index in [9.17, 15) is 9.59 Å². The van der Waals surface area contributed by atoms with Crippen LogP contribution in [-0.2, 0) is 11.3 Å². The first-order valence-electron chi connectivity index (χ1n) is 11.8. The maximum Gasteiger partial charge on any atom is 0.262 e. The molecule has 3 heterocycles. The zero-order chi connectivity index (χ0) is 22.8. The first kappa shape index (κ1) is 22.7. The lowest BCUT2D eigenvalue weighted by molar-refractivity contribution is -0.123. The molecular weight excluding hydrogens is 504 g/mol. The molecule has 2 aromatic heterocycles. The van der Waals surface area contributed by atoms with E-state index in [2.05, 4.69) is 36.4 Å². The lowest BCUT2D eigenvalue weighted by Crippen LogP contribution is -2.48. The van der Waals surface area contributed by atoms with E-state index < -0.39 is 6.04 Å². The van der Waals surface area contributed by atoms with Gasteiger partial charge in [0.1, 0.15) is 18.3 Å². The predicted molar refractivity (Wildman–Crippen MR) is 132 cm³/mol. The number of amides is 2. The molecule has 33 heavy (non-hydrogen) atoms. The van der Waals surface area contributed by atoms with Crippen molar-refractivity contribution in [2.45, 2.75) is 63.6 Å². The van der Waals surface area contributed by atoms with Gasteiger partial charge >= 0.3 is 0 Å². The number of ether oxygens (including phenoxy) is 1. The largest absolute Gasteiger partial charge is 0.474 e. The van der Waals surface area contributed by atoms with E-state index >= 15 is 0 Å². The van der Waals surface area contributed by atoms with Gasteiger partial charge < -0.3 is 20.3 Å². The number of halogens is 1. The number of hydrogen-bond acceptors (Lipinski definition) is 6. The average Bonchev–Trinajstić information content (AvgIpc) is 3.25. The summed E-state index contributed by atoms with van der Waals surface area (Å²) in [7, 11) is 0. The summed E-state index contributed by atoms with van der Waals surface area (Å²) in [5.74, 6) is 0.966. The molecule has 3 aliphatic rings. The highest BCUT2D eigenvalue weighted by Gasteiger charge is 2.31. The van der Waals surface area contributed by atoms with Crippen molar-refractivity contribution in [1.82, 2.24) is 15.6 Å². The number of rotatable bonds is 8. The van der Waals surface area contributed by atoms with Gasteiger partial charge in [-0.3, -0.25) is 9.59 Å². The van der Waals surface area contributed by atoms with Gasteiger partial charge in [0, 0.05) is 21.6 Å². The van der Waals surface area contributed by atoms with Crippen molar-refractivity contribution in [2.24, 2.45) is 5.92 Å². The molecule has 2 amide bonds. The van der Waals surface area contributed by atoms with Crippen LogP contribution in [0.3, 0.4) is 0 Å². The summed E-state index contributed by atoms with van der Waals surface area (Å²) in [6.45, 7) is 2.02. The normalized spacial score (nSPS) is 19.0. The van der Waals surface area contributed by atoms with Crippen LogP contribution in [0.1, 0.15) is 59.5 Å². The van der Waals surface area contributed by atoms with Gasteiger partial charge in [0.15, 0.2) is 0 Å². The van der Waals surface area contributed by atoms with Gasteiger partial charge in [0.2, 0.25) is 11.8 Å². The molecule has 0 aromatic carbocycles. The summed E-state index contributed by atoms with van der Waals surface area (Å²) in [5.41, 5.74) is 0.948. The molecule has 1 atom stereocenters. The van der Waals surface area contributed by atoms with Gasteiger partial charge in [-0.25, -0.2) is 4.98 Å². The van der Waals surface area contributed by atoms with Crippen molar-refractivity contribution < 1.29 is 14.3 Å². The molecule has 0 saturated heterocycles. The average molecular weight is 533 g/mol. The summed E-state index contributed by atoms with van der Waals surface area (Å²) < 4.78 is 6.57. The zero-order valence-electron chi connectivity index (χ0n) is 18.5. The Kier molecular flexibility index (Phi) is 6.87. The van der Waals surface area contributed by atoms with Crippen LogP contribution in [0.4, 0.5) is 5.69 Å². The van der Waals surface area contributed by atoms with Crippen molar-refractivity contribution in [3.63, 3.8) is 0 Å². The number of nitrogens with one attached hydrogen (secondary N) is 2. The van der Waals surface area contributed by atoms with Gasteiger partial charge in [0.25, 0.3) is 5.91 Å². The number of carbonyl (C=O) groups is 2. The number of carbonyl (C=O) groups excluding carboxylic acids is 2. The van der Waals surface area contributed by atoms with E-state index in [1.165, 1.54) is 24.2 Å². The van der Waals surface area contributed by atoms with E-state index in [0.717, 1.165) is 53.7 Å². The number of aromatic nitrogens is 1. The number of pyridine rings is 1. The topological polar surface area (TPSA) is 83.6 Å². The third-order valence-corrected chi connectivity index (χ3v) is 8.06. The first-order valence-corrected chi connectivity index (χ1v) is 13.4. The Morgan fingerprint density at radius 3 is 2.85 bits per heavy atom. The summed E-state index contributed by atoms with van der Waals surface area (Å²) in [5, 5.41) is 6.12. The quantitative estimate of drug-likeness (QED) is 0.530. The molecule has 2 saturated carbocycles. The summed E-state index contributed by atoms with van der Waals surface area (Å²) >= 11 is 4.96. The molecule has 2 aliphatic carbocycles. The highest BCUT2D eigenvalue weighted by atomic mass is 79.9. The van der Waals surface area contributed by atoms with Gasteiger partial charge in [-0.1, -0.05) is 25.7 Å². The Balaban J connectivity index is 1.24. The Bertz CT molecular complexity index is 1020. The molecule has 2 N–H and O–H groups in total. The van der Waals surface area contributed by atoms with E-state index in [1.54, 1.807) is 6.20 Å². The summed E-state index contributed by atoms with van der Waals surface area (Å²) in [6.07, 6.45) is 9.30. The van der Waals surface area contributed by atoms with Crippen LogP contribution < -0.4 is 20.3 Å². The molecule has 0 bridgehead atoms. The highest BCUT2D eigenvalue weighted by molar-refractivity contribution is 9.10. The van der Waals surface area contributed by atoms with Crippen molar-refractivity contribution in [3.8, 4) is 5.88 Å². The number of hydrogen-bond donors (Lipinski definition) is 2. The molecule has 2 aromatic rings. The fraction of sp³-hybridized carbons (Fsp3) is 0.542. The third-order valence-electron chi connectivity index (χ3n) is 6.56. The van der Waals surface area contributed by atoms with Crippen LogP contribution in [0.5, 0.6) is 5.88 Å². The van der Waals surface area contributed by atoms with Crippen molar-refractivity contribution in [3.05, 3.63) is 38.6 Å². The molecule has 5 rings (SSSR count). The minimum atomic E-state index is -0.457. The monoisotopic (exact) mass is 532 g/mol. The molecule has 1 unspecified atom stereocenters. The van der Waals surface area contributed by atoms with Crippen LogP contribution in [0, 0.1) is 5.92 Å². The number of anilines is 1. The second-order valence-corrected chi connectivity index (χ2v) is 11.3. The van der Waals surface area contributed by atoms with Crippen molar-refractivity contribution >= 4 is 44.8 Å². The molecule has 1 aliphatic heterocycles. The Morgan fingerprint density at radius 1 is 1.24 bits per heavy atom. The fourth-order valence-corrected chi connectivity index (χ4v) is 5.88. The molecule has 2 fully saturated rings. The second kappa shape index (κ2) is 10.0. The van der Waals surface area contributed by atoms with E-state index in [4.69, 9.17) is 4.74 Å². The van der Waals surface area contributed by atoms with Crippen LogP contribution in [0.25, 0.3) is 0 Å². The molecule has 176 valence electrons. The smallest absolute Gasteiger partial charge is 0.262 e. The summed E-state index contributed by atoms with van der Waals surface area (Å²) in [6, 6.07) is 5.70. The SMILES string of the molecule is O=C(NC(CC1CCCC1)C(=O)NC1CC1)c1ccc(CN2CCOc3ncc(Br)cc32)s1. The van der Waals surface area contributed by atoms with Gasteiger partial charge in [0.05, 0.1) is 18.0 Å². The summed E-state index contributed by atoms with van der Waals surface area (Å²) in [4.78, 5) is 34.2. The lowest BCUT2D eigenvalue weighted by Gasteiger charge is -2.30. The molecule has 0 spiro atoms. The van der Waals surface area contributed by atoms with Crippen molar-refractivity contribution in [2.75, 3.05) is 18.1 Å². The molecule has 7 nitrogen and oxygen atoms in total. The zero-order valence-corrected chi connectivity index (χ0v) is 20.9. The third kappa shape index (κ3) is 5.69. The minimum absolute atomic E-state index is 0.0301. The molecule has 0 radical (unpaired) electrons. The first-order chi connectivity index (χ1) is 16.0. The van der Waals surface area contributed by atoms with Crippen LogP contribution in [0.2, 0.25) is 0 Å². The maximum atomic E-state index is 13.1. The Labute approximate surface area is 206 Å². The fourth-order valence-electron chi connectivity index (χ4n) is 4.63. The van der Waals surface area contributed by atoms with Crippen LogP contribution >= 0.6 is 27.3 Å². The standard InChI is InChI=1S/C24H29BrN4O3S/c25-16-12-20-24(26-13-16)32-10-9-29(20)14-18-7-8-21(33-18)23(31)28-19(11-15-3-1-2-4-15)22(30)27-17-5-6-17/h7-8,12-13,15,17,19H,1-6,9-11,14H2,(H,27,30)(H,28,31). The minimum Gasteiger partial charge on any atom is -0.474 e. The van der Waals surface area contributed by atoms with E-state index in [-0.39, 0.29) is 11.8 Å². The molecular formula is C24H29BrN4O3S. The van der Waals surface area contributed by atoms with Crippen LogP contribution in [-0.4, -0.2) is 42.0 Å². The molecule has 9 heteroatoms. The Hall–Kier alpha value is -2.13. The maximum absolute atomic E-state index is 13.1. The van der Waals surface area contributed by atoms with Crippen molar-refractivity contribution in [1.29, 1.82) is 0 Å². The van der Waals surface area contributed by atoms with Gasteiger partial charge in [-0.05, 0) is 59.3 Å². The highest BCUT2D eigenvalue weighted by Crippen LogP contribution is 2.34. The number of thiophene rings is 1. The van der Waals surface area contributed by atoms with Gasteiger partial charge in [-0.2, -0.15) is 0 Å². The van der Waals surface area contributed by atoms with Crippen LogP contribution in [0.15, 0.2) is 28.9 Å². The second-order valence-electron chi connectivity index (χ2n) is 9.21. The Morgan fingerprint density at radius 2 is 2.06 bits per heavy atom. The van der Waals surface area contributed by atoms with Gasteiger partial charge in [-0.15, -0.1) is 11.3 Å². The lowest BCUT2D eigenvalue weighted by atomic mass is 9.97. The number of fused-ring (bicyclic) bond motifs is 1. The predicted octanol–water partition coefficient (Wildman–Crippen LogP) is 4.26. The number of nitrogens with zero attached hydrogens (tertiary/aromatic N) is 2. The van der Waals surface area contributed by atoms with E-state index in [1.807, 2.05) is 18.2 Å². The van der Waals surface area contributed by atoms with E-state index in [0.29, 0.717) is 35.9 Å².